The minimum Gasteiger partial charge on any atom is -0.455 e. The molecule has 0 atom stereocenters. The van der Waals surface area contributed by atoms with Gasteiger partial charge in [-0.25, -0.2) is 0 Å². The first kappa shape index (κ1) is 13.4. The molecule has 0 aliphatic carbocycles. The number of para-hydroxylation sites is 1. The second-order valence-electron chi connectivity index (χ2n) is 6.29. The maximum Gasteiger partial charge on any atom is 0.143 e. The Morgan fingerprint density at radius 1 is 0.625 bits per heavy atom. The second-order valence-corrected chi connectivity index (χ2v) is 6.29. The van der Waals surface area contributed by atoms with Gasteiger partial charge < -0.3 is 4.42 Å². The molecule has 1 aromatic heterocycles. The normalized spacial score (nSPS) is 11.5. The molecule has 0 N–H and O–H groups in total. The lowest BCUT2D eigenvalue weighted by Gasteiger charge is -2.06. The fourth-order valence-electron chi connectivity index (χ4n) is 3.57. The van der Waals surface area contributed by atoms with Gasteiger partial charge in [-0.3, -0.25) is 0 Å². The summed E-state index contributed by atoms with van der Waals surface area (Å²) in [5.41, 5.74) is 5.56. The summed E-state index contributed by atoms with van der Waals surface area (Å²) in [5, 5.41) is 4.81. The minimum atomic E-state index is 0.949. The van der Waals surface area contributed by atoms with Crippen LogP contribution in [0, 0.1) is 6.92 Å². The van der Waals surface area contributed by atoms with Crippen LogP contribution in [0.15, 0.2) is 83.3 Å². The highest BCUT2D eigenvalue weighted by atomic mass is 16.3. The number of rotatable bonds is 1. The van der Waals surface area contributed by atoms with Crippen LogP contribution in [0.4, 0.5) is 0 Å². The quantitative estimate of drug-likeness (QED) is 0.335. The van der Waals surface area contributed by atoms with Gasteiger partial charge in [-0.1, -0.05) is 66.7 Å². The highest BCUT2D eigenvalue weighted by Crippen LogP contribution is 2.38. The summed E-state index contributed by atoms with van der Waals surface area (Å²) in [6.45, 7) is 2.14. The smallest absolute Gasteiger partial charge is 0.143 e. The van der Waals surface area contributed by atoms with E-state index in [9.17, 15) is 0 Å². The van der Waals surface area contributed by atoms with Crippen molar-refractivity contribution in [2.75, 3.05) is 0 Å². The first-order chi connectivity index (χ1) is 11.8. The Kier molecular flexibility index (Phi) is 2.77. The molecule has 0 bridgehead atoms. The van der Waals surface area contributed by atoms with Gasteiger partial charge in [0.25, 0.3) is 0 Å². The molecule has 24 heavy (non-hydrogen) atoms. The topological polar surface area (TPSA) is 13.1 Å². The van der Waals surface area contributed by atoms with Crippen LogP contribution in [0.5, 0.6) is 0 Å². The van der Waals surface area contributed by atoms with Crippen molar-refractivity contribution in [3.63, 3.8) is 0 Å². The van der Waals surface area contributed by atoms with Gasteiger partial charge in [-0.2, -0.15) is 0 Å². The summed E-state index contributed by atoms with van der Waals surface area (Å²) in [7, 11) is 0. The van der Waals surface area contributed by atoms with Crippen LogP contribution in [-0.4, -0.2) is 0 Å². The maximum absolute atomic E-state index is 6.30. The Bertz CT molecular complexity index is 1210. The monoisotopic (exact) mass is 308 g/mol. The molecule has 0 saturated carbocycles. The first-order valence-corrected chi connectivity index (χ1v) is 8.21. The van der Waals surface area contributed by atoms with E-state index in [1.54, 1.807) is 0 Å². The third kappa shape index (κ3) is 1.88. The molecule has 1 heteroatoms. The highest BCUT2D eigenvalue weighted by Gasteiger charge is 2.13. The van der Waals surface area contributed by atoms with Crippen molar-refractivity contribution >= 4 is 32.7 Å². The van der Waals surface area contributed by atoms with Crippen LogP contribution in [0.2, 0.25) is 0 Å². The fraction of sp³-hybridized carbons (Fsp3) is 0.0435. The third-order valence-corrected chi connectivity index (χ3v) is 4.80. The van der Waals surface area contributed by atoms with Crippen molar-refractivity contribution < 1.29 is 4.42 Å². The third-order valence-electron chi connectivity index (χ3n) is 4.80. The van der Waals surface area contributed by atoms with Gasteiger partial charge in [0.05, 0.1) is 0 Å². The van der Waals surface area contributed by atoms with Gasteiger partial charge in [-0.15, -0.1) is 0 Å². The number of hydrogen-bond acceptors (Lipinski definition) is 1. The molecule has 0 aliphatic rings. The summed E-state index contributed by atoms with van der Waals surface area (Å²) in [4.78, 5) is 0. The lowest BCUT2D eigenvalue weighted by molar-refractivity contribution is 0.670. The molecule has 0 radical (unpaired) electrons. The van der Waals surface area contributed by atoms with E-state index in [-0.39, 0.29) is 0 Å². The molecule has 0 aliphatic heterocycles. The summed E-state index contributed by atoms with van der Waals surface area (Å²) in [6.07, 6.45) is 0. The Morgan fingerprint density at radius 2 is 1.33 bits per heavy atom. The average Bonchev–Trinajstić information content (AvgIpc) is 2.98. The van der Waals surface area contributed by atoms with E-state index < -0.39 is 0 Å². The first-order valence-electron chi connectivity index (χ1n) is 8.21. The van der Waals surface area contributed by atoms with E-state index in [2.05, 4.69) is 85.8 Å². The number of hydrogen-bond donors (Lipinski definition) is 0. The number of furan rings is 1. The average molecular weight is 308 g/mol. The maximum atomic E-state index is 6.30. The summed E-state index contributed by atoms with van der Waals surface area (Å²) >= 11 is 0. The number of benzene rings is 4. The standard InChI is InChI=1S/C23H16O/c1-15-7-2-5-10-18(15)19-11-6-12-20-21-13-16-8-3-4-9-17(16)14-22(21)24-23(19)20/h2-14H,1H3. The summed E-state index contributed by atoms with van der Waals surface area (Å²) < 4.78 is 6.30. The van der Waals surface area contributed by atoms with Crippen LogP contribution in [0.1, 0.15) is 5.56 Å². The molecular weight excluding hydrogens is 292 g/mol. The van der Waals surface area contributed by atoms with Crippen LogP contribution in [0.3, 0.4) is 0 Å². The molecule has 1 nitrogen and oxygen atoms in total. The molecule has 4 aromatic carbocycles. The van der Waals surface area contributed by atoms with Gasteiger partial charge in [0, 0.05) is 16.3 Å². The molecule has 114 valence electrons. The lowest BCUT2D eigenvalue weighted by Crippen LogP contribution is -1.82. The number of fused-ring (bicyclic) bond motifs is 4. The molecule has 1 heterocycles. The molecule has 5 rings (SSSR count). The van der Waals surface area contributed by atoms with E-state index in [4.69, 9.17) is 4.42 Å². The SMILES string of the molecule is Cc1ccccc1-c1cccc2c1oc1cc3ccccc3cc12. The van der Waals surface area contributed by atoms with Gasteiger partial charge in [0.1, 0.15) is 11.2 Å². The van der Waals surface area contributed by atoms with E-state index in [0.29, 0.717) is 0 Å². The Balaban J connectivity index is 1.91. The second kappa shape index (κ2) is 4.97. The van der Waals surface area contributed by atoms with Gasteiger partial charge in [0.2, 0.25) is 0 Å². The highest BCUT2D eigenvalue weighted by molar-refractivity contribution is 6.13. The molecule has 0 spiro atoms. The van der Waals surface area contributed by atoms with Crippen LogP contribution in [0.25, 0.3) is 43.8 Å². The lowest BCUT2D eigenvalue weighted by atomic mass is 9.98. The molecule has 0 amide bonds. The Morgan fingerprint density at radius 3 is 2.17 bits per heavy atom. The Labute approximate surface area is 140 Å². The van der Waals surface area contributed by atoms with Crippen molar-refractivity contribution in [1.29, 1.82) is 0 Å². The number of aryl methyl sites for hydroxylation is 1. The van der Waals surface area contributed by atoms with E-state index in [0.717, 1.165) is 16.7 Å². The zero-order valence-corrected chi connectivity index (χ0v) is 13.4. The fourth-order valence-corrected chi connectivity index (χ4v) is 3.57. The Hall–Kier alpha value is -3.06. The summed E-state index contributed by atoms with van der Waals surface area (Å²) in [6, 6.07) is 27.7. The summed E-state index contributed by atoms with van der Waals surface area (Å²) in [5.74, 6) is 0. The van der Waals surface area contributed by atoms with Crippen molar-refractivity contribution in [2.24, 2.45) is 0 Å². The predicted octanol–water partition coefficient (Wildman–Crippen LogP) is 6.71. The van der Waals surface area contributed by atoms with Crippen LogP contribution >= 0.6 is 0 Å². The van der Waals surface area contributed by atoms with Crippen molar-refractivity contribution in [2.45, 2.75) is 6.92 Å². The van der Waals surface area contributed by atoms with E-state index in [1.165, 1.54) is 32.7 Å². The van der Waals surface area contributed by atoms with E-state index >= 15 is 0 Å². The predicted molar refractivity (Wildman–Crippen MR) is 101 cm³/mol. The van der Waals surface area contributed by atoms with Crippen LogP contribution < -0.4 is 0 Å². The molecule has 5 aromatic rings. The molecule has 0 saturated heterocycles. The van der Waals surface area contributed by atoms with Gasteiger partial charge >= 0.3 is 0 Å². The largest absolute Gasteiger partial charge is 0.455 e. The molecular formula is C23H16O. The van der Waals surface area contributed by atoms with Crippen molar-refractivity contribution in [1.82, 2.24) is 0 Å². The zero-order chi connectivity index (χ0) is 16.1. The minimum absolute atomic E-state index is 0.949. The van der Waals surface area contributed by atoms with Gasteiger partial charge in [0.15, 0.2) is 0 Å². The van der Waals surface area contributed by atoms with Crippen molar-refractivity contribution in [3.05, 3.63) is 84.4 Å². The molecule has 0 fully saturated rings. The molecule has 0 unspecified atom stereocenters. The van der Waals surface area contributed by atoms with Crippen LogP contribution in [-0.2, 0) is 0 Å². The van der Waals surface area contributed by atoms with Gasteiger partial charge in [-0.05, 0) is 41.0 Å². The van der Waals surface area contributed by atoms with E-state index in [1.807, 2.05) is 0 Å². The van der Waals surface area contributed by atoms with Crippen molar-refractivity contribution in [3.8, 4) is 11.1 Å². The zero-order valence-electron chi connectivity index (χ0n) is 13.4.